The summed E-state index contributed by atoms with van der Waals surface area (Å²) in [5, 5.41) is 3.02. The third kappa shape index (κ3) is 3.50. The smallest absolute Gasteiger partial charge is 0.337 e. The van der Waals surface area contributed by atoms with Gasteiger partial charge in [0.15, 0.2) is 0 Å². The van der Waals surface area contributed by atoms with Crippen LogP contribution in [0.2, 0.25) is 0 Å². The number of aryl methyl sites for hydroxylation is 2. The highest BCUT2D eigenvalue weighted by Gasteiger charge is 2.18. The minimum Gasteiger partial charge on any atom is -0.465 e. The quantitative estimate of drug-likeness (QED) is 0.634. The predicted molar refractivity (Wildman–Crippen MR) is 104 cm³/mol. The number of hydrogen-bond acceptors (Lipinski definition) is 6. The number of benzene rings is 1. The van der Waals surface area contributed by atoms with Crippen LogP contribution in [0.4, 0.5) is 0 Å². The third-order valence-corrected chi connectivity index (χ3v) is 5.12. The summed E-state index contributed by atoms with van der Waals surface area (Å²) < 4.78 is 11.6. The highest BCUT2D eigenvalue weighted by Crippen LogP contribution is 2.31. The van der Waals surface area contributed by atoms with Crippen LogP contribution in [-0.4, -0.2) is 35.7 Å². The molecular formula is C20H20N2O4S. The molecule has 0 saturated carbocycles. The van der Waals surface area contributed by atoms with E-state index in [1.807, 2.05) is 36.8 Å². The van der Waals surface area contributed by atoms with Crippen LogP contribution in [-0.2, 0) is 9.47 Å². The number of carbonyl (C=O) groups is 2. The van der Waals surface area contributed by atoms with E-state index >= 15 is 0 Å². The van der Waals surface area contributed by atoms with Gasteiger partial charge in [0.25, 0.3) is 0 Å². The number of nitrogens with zero attached hydrogens (tertiary/aromatic N) is 2. The average Bonchev–Trinajstić information content (AvgIpc) is 3.22. The van der Waals surface area contributed by atoms with E-state index in [4.69, 9.17) is 9.47 Å². The number of methoxy groups -OCH3 is 2. The fourth-order valence-electron chi connectivity index (χ4n) is 3.12. The molecule has 7 heteroatoms. The molecule has 2 aromatic heterocycles. The Morgan fingerprint density at radius 2 is 1.56 bits per heavy atom. The van der Waals surface area contributed by atoms with Gasteiger partial charge in [-0.1, -0.05) is 0 Å². The molecule has 0 spiro atoms. The Kier molecular flexibility index (Phi) is 5.14. The molecule has 0 atom stereocenters. The van der Waals surface area contributed by atoms with E-state index in [2.05, 4.69) is 4.98 Å². The van der Waals surface area contributed by atoms with Gasteiger partial charge in [-0.25, -0.2) is 14.6 Å². The van der Waals surface area contributed by atoms with Crippen molar-refractivity contribution in [2.45, 2.75) is 20.8 Å². The van der Waals surface area contributed by atoms with E-state index in [9.17, 15) is 9.59 Å². The van der Waals surface area contributed by atoms with Crippen molar-refractivity contribution in [2.75, 3.05) is 14.2 Å². The first-order valence-corrected chi connectivity index (χ1v) is 9.17. The van der Waals surface area contributed by atoms with Crippen LogP contribution in [0.25, 0.3) is 16.9 Å². The summed E-state index contributed by atoms with van der Waals surface area (Å²) in [6.07, 6.45) is 0. The molecule has 27 heavy (non-hydrogen) atoms. The van der Waals surface area contributed by atoms with E-state index in [-0.39, 0.29) is 11.1 Å². The highest BCUT2D eigenvalue weighted by molar-refractivity contribution is 7.09. The lowest BCUT2D eigenvalue weighted by atomic mass is 10.1. The van der Waals surface area contributed by atoms with Crippen LogP contribution in [0.5, 0.6) is 0 Å². The number of carbonyl (C=O) groups excluding carboxylic acids is 2. The zero-order valence-electron chi connectivity index (χ0n) is 15.8. The van der Waals surface area contributed by atoms with E-state index in [0.29, 0.717) is 5.69 Å². The minimum absolute atomic E-state index is 0.286. The Hall–Kier alpha value is -2.93. The molecule has 0 radical (unpaired) electrons. The normalized spacial score (nSPS) is 10.7. The molecule has 1 aromatic carbocycles. The first-order valence-electron chi connectivity index (χ1n) is 8.29. The summed E-state index contributed by atoms with van der Waals surface area (Å²) in [6.45, 7) is 5.92. The molecular weight excluding hydrogens is 364 g/mol. The third-order valence-electron chi connectivity index (χ3n) is 4.34. The van der Waals surface area contributed by atoms with Gasteiger partial charge in [-0.3, -0.25) is 0 Å². The summed E-state index contributed by atoms with van der Waals surface area (Å²) in [6, 6.07) is 6.93. The van der Waals surface area contributed by atoms with Crippen molar-refractivity contribution in [3.8, 4) is 16.9 Å². The summed E-state index contributed by atoms with van der Waals surface area (Å²) in [5.74, 6) is -1.03. The molecule has 0 aliphatic carbocycles. The van der Waals surface area contributed by atoms with Gasteiger partial charge in [-0.2, -0.15) is 0 Å². The Morgan fingerprint density at radius 3 is 2.04 bits per heavy atom. The second kappa shape index (κ2) is 7.36. The summed E-state index contributed by atoms with van der Waals surface area (Å²) in [4.78, 5) is 28.7. The number of aromatic nitrogens is 2. The lowest BCUT2D eigenvalue weighted by Crippen LogP contribution is -2.09. The van der Waals surface area contributed by atoms with E-state index in [0.717, 1.165) is 27.7 Å². The predicted octanol–water partition coefficient (Wildman–Crippen LogP) is 4.10. The molecule has 2 heterocycles. The minimum atomic E-state index is -0.514. The SMILES string of the molecule is COC(=O)c1cc(C(=O)OC)cc(-n2c(C)cc(-c3csc(C)n3)c2C)c1. The topological polar surface area (TPSA) is 70.4 Å². The van der Waals surface area contributed by atoms with Crippen molar-refractivity contribution in [1.82, 2.24) is 9.55 Å². The van der Waals surface area contributed by atoms with Crippen LogP contribution in [0.3, 0.4) is 0 Å². The maximum atomic E-state index is 12.1. The van der Waals surface area contributed by atoms with Crippen LogP contribution < -0.4 is 0 Å². The van der Waals surface area contributed by atoms with Crippen LogP contribution in [0.1, 0.15) is 37.1 Å². The zero-order valence-corrected chi connectivity index (χ0v) is 16.6. The van der Waals surface area contributed by atoms with Gasteiger partial charge in [0, 0.05) is 28.0 Å². The monoisotopic (exact) mass is 384 g/mol. The number of esters is 2. The fourth-order valence-corrected chi connectivity index (χ4v) is 3.73. The van der Waals surface area contributed by atoms with Crippen molar-refractivity contribution in [1.29, 1.82) is 0 Å². The average molecular weight is 384 g/mol. The Bertz CT molecular complexity index is 999. The van der Waals surface area contributed by atoms with E-state index < -0.39 is 11.9 Å². The highest BCUT2D eigenvalue weighted by atomic mass is 32.1. The lowest BCUT2D eigenvalue weighted by Gasteiger charge is -2.13. The summed E-state index contributed by atoms with van der Waals surface area (Å²) in [7, 11) is 2.61. The molecule has 0 aliphatic rings. The molecule has 3 aromatic rings. The second-order valence-electron chi connectivity index (χ2n) is 6.12. The first-order chi connectivity index (χ1) is 12.8. The zero-order chi connectivity index (χ0) is 19.7. The van der Waals surface area contributed by atoms with Crippen LogP contribution >= 0.6 is 11.3 Å². The van der Waals surface area contributed by atoms with Crippen molar-refractivity contribution in [2.24, 2.45) is 0 Å². The molecule has 0 saturated heterocycles. The Labute approximate surface area is 161 Å². The van der Waals surface area contributed by atoms with E-state index in [1.54, 1.807) is 23.5 Å². The van der Waals surface area contributed by atoms with Gasteiger partial charge in [0.2, 0.25) is 0 Å². The molecule has 0 N–H and O–H groups in total. The number of thiazole rings is 1. The Morgan fingerprint density at radius 1 is 0.963 bits per heavy atom. The number of hydrogen-bond donors (Lipinski definition) is 0. The maximum Gasteiger partial charge on any atom is 0.337 e. The van der Waals surface area contributed by atoms with Gasteiger partial charge in [0.1, 0.15) is 0 Å². The molecule has 140 valence electrons. The molecule has 0 fully saturated rings. The van der Waals surface area contributed by atoms with Crippen molar-refractivity contribution in [3.63, 3.8) is 0 Å². The van der Waals surface area contributed by atoms with Gasteiger partial charge in [0.05, 0.1) is 36.0 Å². The van der Waals surface area contributed by atoms with Gasteiger partial charge in [-0.15, -0.1) is 11.3 Å². The number of rotatable bonds is 4. The van der Waals surface area contributed by atoms with Crippen molar-refractivity contribution >= 4 is 23.3 Å². The Balaban J connectivity index is 2.20. The standard InChI is InChI=1S/C20H20N2O4S/c1-11-6-17(18-10-27-13(3)21-18)12(2)22(11)16-8-14(19(23)25-4)7-15(9-16)20(24)26-5/h6-10H,1-5H3. The summed E-state index contributed by atoms with van der Waals surface area (Å²) in [5.41, 5.74) is 5.12. The van der Waals surface area contributed by atoms with Crippen molar-refractivity contribution in [3.05, 3.63) is 57.2 Å². The second-order valence-corrected chi connectivity index (χ2v) is 7.19. The lowest BCUT2D eigenvalue weighted by molar-refractivity contribution is 0.0599. The van der Waals surface area contributed by atoms with Crippen molar-refractivity contribution < 1.29 is 19.1 Å². The maximum absolute atomic E-state index is 12.1. The van der Waals surface area contributed by atoms with Crippen LogP contribution in [0, 0.1) is 20.8 Å². The molecule has 0 bridgehead atoms. The molecule has 0 aliphatic heterocycles. The summed E-state index contributed by atoms with van der Waals surface area (Å²) >= 11 is 1.59. The van der Waals surface area contributed by atoms with E-state index in [1.165, 1.54) is 20.3 Å². The molecule has 0 amide bonds. The number of ether oxygens (including phenoxy) is 2. The van der Waals surface area contributed by atoms with Gasteiger partial charge < -0.3 is 14.0 Å². The first kappa shape index (κ1) is 18.8. The molecule has 3 rings (SSSR count). The fraction of sp³-hybridized carbons (Fsp3) is 0.250. The largest absolute Gasteiger partial charge is 0.465 e. The molecule has 6 nitrogen and oxygen atoms in total. The van der Waals surface area contributed by atoms with Gasteiger partial charge in [-0.05, 0) is 45.0 Å². The van der Waals surface area contributed by atoms with Crippen LogP contribution in [0.15, 0.2) is 29.6 Å². The molecule has 0 unspecified atom stereocenters. The van der Waals surface area contributed by atoms with Gasteiger partial charge >= 0.3 is 11.9 Å².